The molecule has 0 N–H and O–H groups in total. The van der Waals surface area contributed by atoms with Crippen LogP contribution in [-0.2, 0) is 0 Å². The van der Waals surface area contributed by atoms with Gasteiger partial charge in [0.15, 0.2) is 0 Å². The molecule has 28 heavy (non-hydrogen) atoms. The molecule has 4 rings (SSSR count). The van der Waals surface area contributed by atoms with Crippen LogP contribution < -0.4 is 19.6 Å². The Morgan fingerprint density at radius 1 is 0.893 bits per heavy atom. The van der Waals surface area contributed by atoms with Gasteiger partial charge in [0.1, 0.15) is 0 Å². The van der Waals surface area contributed by atoms with Crippen LogP contribution in [0, 0.1) is 0 Å². The van der Waals surface area contributed by atoms with Crippen molar-refractivity contribution < 1.29 is 4.74 Å². The monoisotopic (exact) mass is 437 g/mol. The van der Waals surface area contributed by atoms with E-state index in [1.807, 2.05) is 12.1 Å². The summed E-state index contributed by atoms with van der Waals surface area (Å²) in [7, 11) is 10.1. The Kier molecular flexibility index (Phi) is 5.01. The minimum atomic E-state index is 0.276. The third kappa shape index (κ3) is 3.34. The molecule has 0 unspecified atom stereocenters. The normalized spacial score (nSPS) is 11.0. The Hall–Kier alpha value is -2.55. The molecule has 0 spiro atoms. The quantitative estimate of drug-likeness (QED) is 0.276. The molecule has 0 radical (unpaired) electrons. The maximum absolute atomic E-state index is 5.36. The molecule has 4 heteroatoms. The Balaban J connectivity index is 2.09. The standard InChI is InChI=1S/C24H25N2OSe/c1-25(2)17-8-12-20-22(14-17)28-23-15-18(26(3)4)9-13-21(23)24(20)16-6-10-19(27-5)11-7-16/h6-15H,1-5H3/q+1. The zero-order valence-corrected chi connectivity index (χ0v) is 18.7. The van der Waals surface area contributed by atoms with E-state index in [0.717, 1.165) is 5.75 Å². The fraction of sp³-hybridized carbons (Fsp3) is 0.208. The molecule has 2 aromatic rings. The van der Waals surface area contributed by atoms with Gasteiger partial charge in [0, 0.05) is 0 Å². The van der Waals surface area contributed by atoms with Crippen LogP contribution in [0.2, 0.25) is 0 Å². The molecule has 2 aliphatic rings. The molecule has 0 aromatic heterocycles. The van der Waals surface area contributed by atoms with E-state index in [1.165, 1.54) is 41.8 Å². The molecular weight excluding hydrogens is 411 g/mol. The van der Waals surface area contributed by atoms with Crippen molar-refractivity contribution in [2.24, 2.45) is 0 Å². The van der Waals surface area contributed by atoms with Crippen molar-refractivity contribution >= 4 is 29.8 Å². The van der Waals surface area contributed by atoms with E-state index in [9.17, 15) is 0 Å². The Morgan fingerprint density at radius 2 is 1.64 bits per heavy atom. The van der Waals surface area contributed by atoms with Gasteiger partial charge in [-0.1, -0.05) is 0 Å². The first-order chi connectivity index (χ1) is 13.5. The van der Waals surface area contributed by atoms with Crippen molar-refractivity contribution in [2.75, 3.05) is 40.2 Å². The Labute approximate surface area is 172 Å². The molecule has 142 valence electrons. The van der Waals surface area contributed by atoms with Gasteiger partial charge in [-0.2, -0.15) is 0 Å². The van der Waals surface area contributed by atoms with Gasteiger partial charge in [0.05, 0.1) is 0 Å². The molecule has 0 amide bonds. The fourth-order valence-corrected chi connectivity index (χ4v) is 5.92. The van der Waals surface area contributed by atoms with Crippen molar-refractivity contribution in [3.8, 4) is 26.9 Å². The average molecular weight is 436 g/mol. The van der Waals surface area contributed by atoms with Gasteiger partial charge in [-0.15, -0.1) is 0 Å². The van der Waals surface area contributed by atoms with Crippen LogP contribution in [0.4, 0.5) is 5.69 Å². The van der Waals surface area contributed by atoms with Crippen LogP contribution >= 0.6 is 0 Å². The second kappa shape index (κ2) is 7.46. The molecule has 1 heterocycles. The van der Waals surface area contributed by atoms with Gasteiger partial charge in [-0.25, -0.2) is 0 Å². The first-order valence-corrected chi connectivity index (χ1v) is 11.0. The summed E-state index contributed by atoms with van der Waals surface area (Å²) in [6, 6.07) is 22.1. The number of fused-ring (bicyclic) bond motifs is 2. The third-order valence-corrected chi connectivity index (χ3v) is 7.44. The molecule has 0 saturated carbocycles. The van der Waals surface area contributed by atoms with E-state index in [1.54, 1.807) is 7.11 Å². The van der Waals surface area contributed by atoms with Crippen molar-refractivity contribution in [3.63, 3.8) is 0 Å². The first-order valence-electron chi connectivity index (χ1n) is 9.30. The zero-order chi connectivity index (χ0) is 19.8. The summed E-state index contributed by atoms with van der Waals surface area (Å²) in [5.41, 5.74) is 5.15. The molecule has 0 bridgehead atoms. The second-order valence-corrected chi connectivity index (χ2v) is 9.63. The van der Waals surface area contributed by atoms with Gasteiger partial charge < -0.3 is 0 Å². The Morgan fingerprint density at radius 3 is 2.29 bits per heavy atom. The molecule has 0 atom stereocenters. The van der Waals surface area contributed by atoms with Gasteiger partial charge >= 0.3 is 172 Å². The molecule has 0 fully saturated rings. The van der Waals surface area contributed by atoms with Crippen LogP contribution in [0.1, 0.15) is 0 Å². The van der Waals surface area contributed by atoms with E-state index in [2.05, 4.69) is 86.2 Å². The number of hydrogen-bond acceptors (Lipinski definition) is 2. The van der Waals surface area contributed by atoms with E-state index in [-0.39, 0.29) is 14.5 Å². The van der Waals surface area contributed by atoms with Crippen LogP contribution in [0.5, 0.6) is 5.75 Å². The summed E-state index contributed by atoms with van der Waals surface area (Å²) in [6.07, 6.45) is 0. The van der Waals surface area contributed by atoms with Crippen molar-refractivity contribution in [2.45, 2.75) is 0 Å². The average Bonchev–Trinajstić information content (AvgIpc) is 2.71. The first kappa shape index (κ1) is 18.8. The van der Waals surface area contributed by atoms with Crippen molar-refractivity contribution in [1.82, 2.24) is 4.58 Å². The summed E-state index contributed by atoms with van der Waals surface area (Å²) in [5, 5.41) is 2.60. The van der Waals surface area contributed by atoms with Gasteiger partial charge in [-0.05, 0) is 0 Å². The summed E-state index contributed by atoms with van der Waals surface area (Å²) in [5.74, 6) is 0.885. The number of methoxy groups -OCH3 is 1. The number of anilines is 1. The second-order valence-electron chi connectivity index (χ2n) is 7.36. The molecule has 1 aliphatic carbocycles. The van der Waals surface area contributed by atoms with E-state index >= 15 is 0 Å². The summed E-state index contributed by atoms with van der Waals surface area (Å²) in [6.45, 7) is 0. The van der Waals surface area contributed by atoms with Crippen LogP contribution in [0.15, 0.2) is 60.7 Å². The summed E-state index contributed by atoms with van der Waals surface area (Å²) >= 11 is 0.276. The predicted octanol–water partition coefficient (Wildman–Crippen LogP) is 3.78. The van der Waals surface area contributed by atoms with E-state index in [0.29, 0.717) is 0 Å². The Bertz CT molecular complexity index is 1190. The van der Waals surface area contributed by atoms with Crippen LogP contribution in [-0.4, -0.2) is 49.8 Å². The predicted molar refractivity (Wildman–Crippen MR) is 121 cm³/mol. The zero-order valence-electron chi connectivity index (χ0n) is 17.0. The molecular formula is C24H25N2OSe+. The number of nitrogens with zero attached hydrogens (tertiary/aromatic N) is 2. The molecule has 2 aromatic carbocycles. The topological polar surface area (TPSA) is 15.5 Å². The van der Waals surface area contributed by atoms with Gasteiger partial charge in [0.25, 0.3) is 0 Å². The van der Waals surface area contributed by atoms with Gasteiger partial charge in [0.2, 0.25) is 0 Å². The molecule has 1 aliphatic heterocycles. The van der Waals surface area contributed by atoms with Crippen molar-refractivity contribution in [3.05, 3.63) is 66.0 Å². The number of ether oxygens (including phenoxy) is 1. The SMILES string of the molecule is COc1ccc(-c2c3ccc(=[N+](C)C)cc-3[se]c3cc(N(C)C)ccc23)cc1. The fourth-order valence-electron chi connectivity index (χ4n) is 3.49. The van der Waals surface area contributed by atoms with Crippen molar-refractivity contribution in [1.29, 1.82) is 0 Å². The molecule has 0 saturated heterocycles. The maximum atomic E-state index is 5.36. The van der Waals surface area contributed by atoms with E-state index < -0.39 is 0 Å². The number of benzene rings is 3. The van der Waals surface area contributed by atoms with Crippen LogP contribution in [0.3, 0.4) is 0 Å². The molecule has 3 nitrogen and oxygen atoms in total. The van der Waals surface area contributed by atoms with E-state index in [4.69, 9.17) is 4.74 Å². The number of hydrogen-bond donors (Lipinski definition) is 0. The third-order valence-electron chi connectivity index (χ3n) is 5.10. The van der Waals surface area contributed by atoms with Crippen LogP contribution in [0.25, 0.3) is 30.8 Å². The number of rotatable bonds is 3. The van der Waals surface area contributed by atoms with Gasteiger partial charge in [-0.3, -0.25) is 0 Å². The minimum absolute atomic E-state index is 0.276. The summed E-state index contributed by atoms with van der Waals surface area (Å²) in [4.78, 5) is 2.18. The summed E-state index contributed by atoms with van der Waals surface area (Å²) < 4.78 is 10.4.